The first-order valence-electron chi connectivity index (χ1n) is 10.5. The highest BCUT2D eigenvalue weighted by Gasteiger charge is 2.30. The summed E-state index contributed by atoms with van der Waals surface area (Å²) in [7, 11) is 0. The van der Waals surface area contributed by atoms with Crippen LogP contribution < -0.4 is 5.32 Å². The summed E-state index contributed by atoms with van der Waals surface area (Å²) in [4.78, 5) is 2.72. The average molecular weight is 373 g/mol. The van der Waals surface area contributed by atoms with Gasteiger partial charge in [-0.25, -0.2) is 4.68 Å². The van der Waals surface area contributed by atoms with Crippen molar-refractivity contribution in [3.63, 3.8) is 0 Å². The molecule has 1 aliphatic carbocycles. The molecule has 1 N–H and O–H groups in total. The third-order valence-corrected chi connectivity index (χ3v) is 6.27. The fraction of sp³-hybridized carbons (Fsp3) is 0.375. The zero-order valence-corrected chi connectivity index (χ0v) is 16.3. The smallest absolute Gasteiger partial charge is 0.0648 e. The van der Waals surface area contributed by atoms with Gasteiger partial charge in [0.15, 0.2) is 0 Å². The average Bonchev–Trinajstić information content (AvgIpc) is 3.43. The molecule has 0 bridgehead atoms. The number of fused-ring (bicyclic) bond motifs is 1. The molecule has 1 saturated heterocycles. The minimum atomic E-state index is 0.575. The number of nitrogens with zero attached hydrogens (tertiary/aromatic N) is 3. The molecule has 4 heteroatoms. The van der Waals surface area contributed by atoms with Gasteiger partial charge in [-0.2, -0.15) is 5.10 Å². The highest BCUT2D eigenvalue weighted by molar-refractivity contribution is 5.35. The Bertz CT molecular complexity index is 893. The van der Waals surface area contributed by atoms with Crippen molar-refractivity contribution in [3.8, 4) is 5.69 Å². The topological polar surface area (TPSA) is 33.1 Å². The standard InChI is InChI=1S/C24H28N4/c1-2-8-21-16-24(15-20(21)7-1)27-12-4-9-22(18-27)25-17-19-6-3-10-23(14-19)28-13-5-11-26-28/h1-3,5-8,10-11,13-14,22,24-25H,4,9,12,15-18H2. The largest absolute Gasteiger partial charge is 0.309 e. The lowest BCUT2D eigenvalue weighted by molar-refractivity contribution is 0.140. The molecule has 2 heterocycles. The third-order valence-electron chi connectivity index (χ3n) is 6.27. The van der Waals surface area contributed by atoms with E-state index >= 15 is 0 Å². The Morgan fingerprint density at radius 2 is 1.86 bits per heavy atom. The molecule has 2 aliphatic rings. The molecule has 0 radical (unpaired) electrons. The predicted octanol–water partition coefficient (Wildman–Crippen LogP) is 3.59. The first kappa shape index (κ1) is 17.7. The van der Waals surface area contributed by atoms with E-state index in [9.17, 15) is 0 Å². The summed E-state index contributed by atoms with van der Waals surface area (Å²) in [5.41, 5.74) is 5.55. The van der Waals surface area contributed by atoms with Gasteiger partial charge in [0.1, 0.15) is 0 Å². The Kier molecular flexibility index (Phi) is 4.98. The number of hydrogen-bond donors (Lipinski definition) is 1. The summed E-state index contributed by atoms with van der Waals surface area (Å²) in [6.07, 6.45) is 8.81. The highest BCUT2D eigenvalue weighted by atomic mass is 15.3. The first-order valence-corrected chi connectivity index (χ1v) is 10.5. The van der Waals surface area contributed by atoms with Crippen LogP contribution in [-0.4, -0.2) is 39.9 Å². The molecule has 0 spiro atoms. The third kappa shape index (κ3) is 3.75. The summed E-state index contributed by atoms with van der Waals surface area (Å²) in [5, 5.41) is 8.15. The maximum absolute atomic E-state index is 4.34. The van der Waals surface area contributed by atoms with Crippen molar-refractivity contribution in [2.45, 2.75) is 44.3 Å². The van der Waals surface area contributed by atoms with Crippen LogP contribution in [0.3, 0.4) is 0 Å². The molecule has 4 nitrogen and oxygen atoms in total. The van der Waals surface area contributed by atoms with E-state index in [-0.39, 0.29) is 0 Å². The number of piperidine rings is 1. The van der Waals surface area contributed by atoms with Crippen molar-refractivity contribution in [3.05, 3.63) is 83.7 Å². The predicted molar refractivity (Wildman–Crippen MR) is 113 cm³/mol. The molecular weight excluding hydrogens is 344 g/mol. The van der Waals surface area contributed by atoms with E-state index in [0.717, 1.165) is 18.8 Å². The van der Waals surface area contributed by atoms with Crippen molar-refractivity contribution >= 4 is 0 Å². The van der Waals surface area contributed by atoms with Crippen molar-refractivity contribution in [1.29, 1.82) is 0 Å². The Morgan fingerprint density at radius 3 is 2.64 bits per heavy atom. The minimum Gasteiger partial charge on any atom is -0.309 e. The van der Waals surface area contributed by atoms with Crippen LogP contribution in [0.5, 0.6) is 0 Å². The second-order valence-electron chi connectivity index (χ2n) is 8.17. The zero-order chi connectivity index (χ0) is 18.8. The fourth-order valence-corrected chi connectivity index (χ4v) is 4.79. The van der Waals surface area contributed by atoms with Crippen molar-refractivity contribution in [1.82, 2.24) is 20.0 Å². The van der Waals surface area contributed by atoms with Gasteiger partial charge in [0.25, 0.3) is 0 Å². The molecule has 2 aromatic carbocycles. The maximum Gasteiger partial charge on any atom is 0.0648 e. The van der Waals surface area contributed by atoms with Crippen LogP contribution in [0.2, 0.25) is 0 Å². The van der Waals surface area contributed by atoms with Crippen LogP contribution in [-0.2, 0) is 19.4 Å². The van der Waals surface area contributed by atoms with Crippen LogP contribution in [0.4, 0.5) is 0 Å². The Labute approximate surface area is 167 Å². The van der Waals surface area contributed by atoms with Gasteiger partial charge in [0.2, 0.25) is 0 Å². The lowest BCUT2D eigenvalue weighted by atomic mass is 10.0. The lowest BCUT2D eigenvalue weighted by Gasteiger charge is -2.37. The molecule has 1 unspecified atom stereocenters. The van der Waals surface area contributed by atoms with Gasteiger partial charge >= 0.3 is 0 Å². The van der Waals surface area contributed by atoms with Crippen molar-refractivity contribution < 1.29 is 0 Å². The minimum absolute atomic E-state index is 0.575. The van der Waals surface area contributed by atoms with Crippen molar-refractivity contribution in [2.24, 2.45) is 0 Å². The Morgan fingerprint density at radius 1 is 1.00 bits per heavy atom. The fourth-order valence-electron chi connectivity index (χ4n) is 4.79. The molecular formula is C24H28N4. The summed E-state index contributed by atoms with van der Waals surface area (Å²) in [5.74, 6) is 0. The molecule has 28 heavy (non-hydrogen) atoms. The Hall–Kier alpha value is -2.43. The summed E-state index contributed by atoms with van der Waals surface area (Å²) >= 11 is 0. The van der Waals surface area contributed by atoms with E-state index in [0.29, 0.717) is 12.1 Å². The molecule has 144 valence electrons. The van der Waals surface area contributed by atoms with Gasteiger partial charge in [-0.05, 0) is 67.1 Å². The van der Waals surface area contributed by atoms with Gasteiger partial charge in [0, 0.05) is 37.6 Å². The Balaban J connectivity index is 1.19. The van der Waals surface area contributed by atoms with Crippen molar-refractivity contribution in [2.75, 3.05) is 13.1 Å². The molecule has 1 atom stereocenters. The zero-order valence-electron chi connectivity index (χ0n) is 16.3. The van der Waals surface area contributed by atoms with E-state index in [4.69, 9.17) is 0 Å². The molecule has 0 saturated carbocycles. The van der Waals surface area contributed by atoms with Gasteiger partial charge < -0.3 is 5.32 Å². The summed E-state index contributed by atoms with van der Waals surface area (Å²) in [6.45, 7) is 3.32. The summed E-state index contributed by atoms with van der Waals surface area (Å²) < 4.78 is 1.92. The molecule has 5 rings (SSSR count). The van der Waals surface area contributed by atoms with Crippen LogP contribution in [0, 0.1) is 0 Å². The SMILES string of the molecule is c1cc(CNC2CCCN(C3Cc4ccccc4C3)C2)cc(-n2cccn2)c1. The van der Waals surface area contributed by atoms with Crippen LogP contribution in [0.15, 0.2) is 67.0 Å². The van der Waals surface area contributed by atoms with Crippen LogP contribution in [0.1, 0.15) is 29.5 Å². The molecule has 1 aliphatic heterocycles. The van der Waals surface area contributed by atoms with Crippen LogP contribution in [0.25, 0.3) is 5.69 Å². The van der Waals surface area contributed by atoms with Gasteiger partial charge in [-0.15, -0.1) is 0 Å². The molecule has 3 aromatic rings. The van der Waals surface area contributed by atoms with E-state index in [1.165, 1.54) is 37.8 Å². The van der Waals surface area contributed by atoms with E-state index in [2.05, 4.69) is 63.8 Å². The van der Waals surface area contributed by atoms with E-state index in [1.807, 2.05) is 23.1 Å². The quantitative estimate of drug-likeness (QED) is 0.743. The number of benzene rings is 2. The lowest BCUT2D eigenvalue weighted by Crippen LogP contribution is -2.49. The summed E-state index contributed by atoms with van der Waals surface area (Å²) in [6, 6.07) is 20.9. The van der Waals surface area contributed by atoms with Gasteiger partial charge in [-0.1, -0.05) is 36.4 Å². The number of aromatic nitrogens is 2. The second kappa shape index (κ2) is 7.90. The number of nitrogens with one attached hydrogen (secondary N) is 1. The normalized spacial score (nSPS) is 20.4. The number of likely N-dealkylation sites (tertiary alicyclic amines) is 1. The first-order chi connectivity index (χ1) is 13.8. The van der Waals surface area contributed by atoms with Crippen LogP contribution >= 0.6 is 0 Å². The highest BCUT2D eigenvalue weighted by Crippen LogP contribution is 2.27. The molecule has 0 amide bonds. The monoisotopic (exact) mass is 372 g/mol. The molecule has 1 aromatic heterocycles. The maximum atomic E-state index is 4.34. The van der Waals surface area contributed by atoms with Gasteiger partial charge in [0.05, 0.1) is 5.69 Å². The number of hydrogen-bond acceptors (Lipinski definition) is 3. The van der Waals surface area contributed by atoms with Gasteiger partial charge in [-0.3, -0.25) is 4.90 Å². The molecule has 1 fully saturated rings. The number of rotatable bonds is 5. The van der Waals surface area contributed by atoms with E-state index < -0.39 is 0 Å². The van der Waals surface area contributed by atoms with E-state index in [1.54, 1.807) is 11.1 Å². The second-order valence-corrected chi connectivity index (χ2v) is 8.17.